The van der Waals surface area contributed by atoms with Gasteiger partial charge in [-0.3, -0.25) is 9.89 Å². The fourth-order valence-corrected chi connectivity index (χ4v) is 3.74. The molecule has 1 aromatic carbocycles. The van der Waals surface area contributed by atoms with Crippen LogP contribution in [-0.4, -0.2) is 35.0 Å². The Kier molecular flexibility index (Phi) is 4.92. The Morgan fingerprint density at radius 3 is 2.74 bits per heavy atom. The highest BCUT2D eigenvalue weighted by Crippen LogP contribution is 2.36. The summed E-state index contributed by atoms with van der Waals surface area (Å²) in [5.41, 5.74) is 2.85. The number of fused-ring (bicyclic) bond motifs is 1. The summed E-state index contributed by atoms with van der Waals surface area (Å²) in [7, 11) is 0. The van der Waals surface area contributed by atoms with Crippen molar-refractivity contribution in [3.05, 3.63) is 35.2 Å². The number of carbonyl (C=O) groups is 1. The number of hydrogen-bond acceptors (Lipinski definition) is 5. The summed E-state index contributed by atoms with van der Waals surface area (Å²) in [5.74, 6) is 2.36. The second-order valence-corrected chi connectivity index (χ2v) is 7.26. The van der Waals surface area contributed by atoms with Crippen molar-refractivity contribution in [3.8, 4) is 17.2 Å². The van der Waals surface area contributed by atoms with E-state index in [1.165, 1.54) is 0 Å². The largest absolute Gasteiger partial charge is 0.490 e. The van der Waals surface area contributed by atoms with E-state index in [-0.39, 0.29) is 24.8 Å². The van der Waals surface area contributed by atoms with Crippen LogP contribution in [-0.2, 0) is 11.2 Å². The molecule has 7 heteroatoms. The molecule has 1 fully saturated rings. The van der Waals surface area contributed by atoms with Crippen LogP contribution in [0.2, 0.25) is 0 Å². The van der Waals surface area contributed by atoms with Gasteiger partial charge in [0.15, 0.2) is 11.5 Å². The van der Waals surface area contributed by atoms with Gasteiger partial charge in [-0.15, -0.1) is 0 Å². The number of aromatic amines is 1. The molecule has 2 N–H and O–H groups in total. The highest BCUT2D eigenvalue weighted by molar-refractivity contribution is 5.79. The predicted octanol–water partition coefficient (Wildman–Crippen LogP) is 2.80. The van der Waals surface area contributed by atoms with E-state index < -0.39 is 0 Å². The molecular weight excluding hydrogens is 346 g/mol. The third-order valence-corrected chi connectivity index (χ3v) is 5.30. The van der Waals surface area contributed by atoms with Gasteiger partial charge < -0.3 is 19.5 Å². The van der Waals surface area contributed by atoms with Gasteiger partial charge in [-0.25, -0.2) is 0 Å². The smallest absolute Gasteiger partial charge is 0.231 e. The van der Waals surface area contributed by atoms with Crippen molar-refractivity contribution >= 4 is 5.91 Å². The van der Waals surface area contributed by atoms with Gasteiger partial charge in [0.05, 0.1) is 18.2 Å². The average Bonchev–Trinajstić information content (AvgIpc) is 3.24. The number of rotatable bonds is 5. The molecule has 27 heavy (non-hydrogen) atoms. The van der Waals surface area contributed by atoms with Crippen molar-refractivity contribution in [1.82, 2.24) is 15.5 Å². The molecule has 0 radical (unpaired) electrons. The van der Waals surface area contributed by atoms with Crippen LogP contribution in [0.5, 0.6) is 17.2 Å². The van der Waals surface area contributed by atoms with Crippen molar-refractivity contribution in [2.45, 2.75) is 58.1 Å². The number of aromatic nitrogens is 2. The number of benzene rings is 1. The number of nitrogens with zero attached hydrogens (tertiary/aromatic N) is 1. The minimum atomic E-state index is 0.0581. The molecule has 0 bridgehead atoms. The minimum Gasteiger partial charge on any atom is -0.490 e. The first kappa shape index (κ1) is 17.7. The molecule has 0 saturated heterocycles. The van der Waals surface area contributed by atoms with E-state index in [1.54, 1.807) is 0 Å². The van der Waals surface area contributed by atoms with Gasteiger partial charge in [0, 0.05) is 23.4 Å². The van der Waals surface area contributed by atoms with Gasteiger partial charge in [0.2, 0.25) is 12.7 Å². The molecule has 144 valence electrons. The van der Waals surface area contributed by atoms with E-state index >= 15 is 0 Å². The first-order valence-electron chi connectivity index (χ1n) is 9.44. The summed E-state index contributed by atoms with van der Waals surface area (Å²) in [5, 5.41) is 10.2. The molecule has 2 aromatic rings. The van der Waals surface area contributed by atoms with Gasteiger partial charge >= 0.3 is 0 Å². The fourth-order valence-electron chi connectivity index (χ4n) is 3.74. The lowest BCUT2D eigenvalue weighted by Gasteiger charge is -2.29. The van der Waals surface area contributed by atoms with Gasteiger partial charge in [-0.1, -0.05) is 0 Å². The van der Waals surface area contributed by atoms with Crippen molar-refractivity contribution in [1.29, 1.82) is 0 Å². The molecule has 1 amide bonds. The number of hydrogen-bond donors (Lipinski definition) is 2. The second kappa shape index (κ2) is 7.50. The van der Waals surface area contributed by atoms with Crippen LogP contribution >= 0.6 is 0 Å². The minimum absolute atomic E-state index is 0.0581. The summed E-state index contributed by atoms with van der Waals surface area (Å²) in [6.07, 6.45) is 4.22. The summed E-state index contributed by atoms with van der Waals surface area (Å²) in [4.78, 5) is 12.4. The lowest BCUT2D eigenvalue weighted by atomic mass is 9.92. The predicted molar refractivity (Wildman–Crippen MR) is 99.1 cm³/mol. The molecule has 0 unspecified atom stereocenters. The maximum absolute atomic E-state index is 12.4. The van der Waals surface area contributed by atoms with E-state index in [2.05, 4.69) is 15.5 Å². The molecule has 1 aromatic heterocycles. The standard InChI is InChI=1S/C20H25N3O4/c1-12-17(13(2)23-22-12)10-20(24)21-14-3-5-15(6-4-14)27-16-7-8-18-19(9-16)26-11-25-18/h7-9,14-15H,3-6,10-11H2,1-2H3,(H,21,24)(H,22,23). The Labute approximate surface area is 158 Å². The summed E-state index contributed by atoms with van der Waals surface area (Å²) in [6, 6.07) is 5.88. The van der Waals surface area contributed by atoms with Crippen LogP contribution in [0.15, 0.2) is 18.2 Å². The van der Waals surface area contributed by atoms with Crippen LogP contribution in [0.1, 0.15) is 42.6 Å². The highest BCUT2D eigenvalue weighted by Gasteiger charge is 2.25. The number of H-pyrrole nitrogens is 1. The molecule has 1 aliphatic heterocycles. The number of amides is 1. The van der Waals surface area contributed by atoms with E-state index in [1.807, 2.05) is 32.0 Å². The lowest BCUT2D eigenvalue weighted by Crippen LogP contribution is -2.40. The topological polar surface area (TPSA) is 85.5 Å². The molecule has 0 atom stereocenters. The first-order chi connectivity index (χ1) is 13.1. The fraction of sp³-hybridized carbons (Fsp3) is 0.500. The van der Waals surface area contributed by atoms with Gasteiger partial charge in [0.25, 0.3) is 0 Å². The Balaban J connectivity index is 1.25. The maximum atomic E-state index is 12.4. The van der Waals surface area contributed by atoms with E-state index in [4.69, 9.17) is 14.2 Å². The Morgan fingerprint density at radius 1 is 1.22 bits per heavy atom. The maximum Gasteiger partial charge on any atom is 0.231 e. The van der Waals surface area contributed by atoms with E-state index in [9.17, 15) is 4.79 Å². The molecule has 1 aliphatic carbocycles. The van der Waals surface area contributed by atoms with Gasteiger partial charge in [-0.05, 0) is 51.7 Å². The van der Waals surface area contributed by atoms with Crippen LogP contribution in [0.4, 0.5) is 0 Å². The number of nitrogens with one attached hydrogen (secondary N) is 2. The molecule has 2 aliphatic rings. The molecule has 1 saturated carbocycles. The quantitative estimate of drug-likeness (QED) is 0.844. The van der Waals surface area contributed by atoms with Crippen LogP contribution in [0, 0.1) is 13.8 Å². The Hall–Kier alpha value is -2.70. The van der Waals surface area contributed by atoms with Crippen LogP contribution in [0.25, 0.3) is 0 Å². The zero-order valence-corrected chi connectivity index (χ0v) is 15.7. The zero-order chi connectivity index (χ0) is 18.8. The summed E-state index contributed by atoms with van der Waals surface area (Å²) in [6.45, 7) is 4.13. The molecule has 0 spiro atoms. The second-order valence-electron chi connectivity index (χ2n) is 7.26. The monoisotopic (exact) mass is 371 g/mol. The number of aryl methyl sites for hydroxylation is 2. The van der Waals surface area contributed by atoms with Gasteiger partial charge in [-0.2, -0.15) is 5.10 Å². The van der Waals surface area contributed by atoms with Crippen molar-refractivity contribution in [2.75, 3.05) is 6.79 Å². The Bertz CT molecular complexity index is 805. The SMILES string of the molecule is Cc1n[nH]c(C)c1CC(=O)NC1CCC(Oc2ccc3c(c2)OCO3)CC1. The normalized spacial score (nSPS) is 21.1. The zero-order valence-electron chi connectivity index (χ0n) is 15.7. The van der Waals surface area contributed by atoms with Crippen molar-refractivity contribution in [2.24, 2.45) is 0 Å². The molecular formula is C20H25N3O4. The molecule has 2 heterocycles. The van der Waals surface area contributed by atoms with E-state index in [0.717, 1.165) is 59.9 Å². The summed E-state index contributed by atoms with van der Waals surface area (Å²) < 4.78 is 16.8. The first-order valence-corrected chi connectivity index (χ1v) is 9.44. The third-order valence-electron chi connectivity index (χ3n) is 5.30. The van der Waals surface area contributed by atoms with Gasteiger partial charge in [0.1, 0.15) is 5.75 Å². The number of carbonyl (C=O) groups excluding carboxylic acids is 1. The highest BCUT2D eigenvalue weighted by atomic mass is 16.7. The summed E-state index contributed by atoms with van der Waals surface area (Å²) >= 11 is 0. The lowest BCUT2D eigenvalue weighted by molar-refractivity contribution is -0.121. The van der Waals surface area contributed by atoms with Crippen molar-refractivity contribution in [3.63, 3.8) is 0 Å². The average molecular weight is 371 g/mol. The van der Waals surface area contributed by atoms with E-state index in [0.29, 0.717) is 6.42 Å². The number of ether oxygens (including phenoxy) is 3. The molecule has 7 nitrogen and oxygen atoms in total. The van der Waals surface area contributed by atoms with Crippen LogP contribution < -0.4 is 19.5 Å². The molecule has 4 rings (SSSR count). The van der Waals surface area contributed by atoms with Crippen LogP contribution in [0.3, 0.4) is 0 Å². The Morgan fingerprint density at radius 2 is 2.00 bits per heavy atom. The third kappa shape index (κ3) is 4.02. The van der Waals surface area contributed by atoms with Crippen molar-refractivity contribution < 1.29 is 19.0 Å².